The van der Waals surface area contributed by atoms with Gasteiger partial charge in [0.1, 0.15) is 11.6 Å². The summed E-state index contributed by atoms with van der Waals surface area (Å²) in [5, 5.41) is 2.66. The highest BCUT2D eigenvalue weighted by molar-refractivity contribution is 9.10. The van der Waals surface area contributed by atoms with Crippen LogP contribution in [0, 0.1) is 17.5 Å². The minimum Gasteiger partial charge on any atom is -0.496 e. The molecule has 6 heteroatoms. The van der Waals surface area contributed by atoms with E-state index >= 15 is 0 Å². The molecule has 0 aliphatic carbocycles. The molecule has 0 saturated carbocycles. The lowest BCUT2D eigenvalue weighted by Crippen LogP contribution is -2.04. The summed E-state index contributed by atoms with van der Waals surface area (Å²) in [5.41, 5.74) is 0.594. The Morgan fingerprint density at radius 1 is 1.15 bits per heavy atom. The van der Waals surface area contributed by atoms with Crippen LogP contribution >= 0.6 is 15.9 Å². The molecule has 0 bridgehead atoms. The van der Waals surface area contributed by atoms with Gasteiger partial charge in [0, 0.05) is 18.7 Å². The van der Waals surface area contributed by atoms with Gasteiger partial charge in [-0.3, -0.25) is 0 Å². The van der Waals surface area contributed by atoms with E-state index in [0.29, 0.717) is 11.8 Å². The zero-order valence-electron chi connectivity index (χ0n) is 10.5. The molecule has 1 N–H and O–H groups in total. The van der Waals surface area contributed by atoms with E-state index in [1.807, 2.05) is 0 Å². The van der Waals surface area contributed by atoms with Crippen LogP contribution in [0.2, 0.25) is 0 Å². The van der Waals surface area contributed by atoms with Crippen molar-refractivity contribution in [3.63, 3.8) is 0 Å². The van der Waals surface area contributed by atoms with Crippen LogP contribution in [0.25, 0.3) is 0 Å². The molecule has 20 heavy (non-hydrogen) atoms. The van der Waals surface area contributed by atoms with Crippen LogP contribution in [0.15, 0.2) is 34.8 Å². The first-order chi connectivity index (χ1) is 9.51. The van der Waals surface area contributed by atoms with Gasteiger partial charge < -0.3 is 10.1 Å². The lowest BCUT2D eigenvalue weighted by Gasteiger charge is -2.10. The summed E-state index contributed by atoms with van der Waals surface area (Å²) in [6.45, 7) is 0.225. The van der Waals surface area contributed by atoms with Gasteiger partial charge in [-0.15, -0.1) is 0 Å². The second-order valence-electron chi connectivity index (χ2n) is 4.07. The maximum absolute atomic E-state index is 13.4. The Morgan fingerprint density at radius 3 is 2.55 bits per heavy atom. The van der Waals surface area contributed by atoms with Gasteiger partial charge in [0.2, 0.25) is 0 Å². The number of nitrogens with one attached hydrogen (secondary N) is 1. The summed E-state index contributed by atoms with van der Waals surface area (Å²) in [4.78, 5) is 0. The second kappa shape index (κ2) is 6.17. The van der Waals surface area contributed by atoms with E-state index < -0.39 is 17.5 Å². The zero-order chi connectivity index (χ0) is 14.7. The Labute approximate surface area is 122 Å². The fraction of sp³-hybridized carbons (Fsp3) is 0.143. The third-order valence-corrected chi connectivity index (χ3v) is 3.31. The molecule has 2 aromatic carbocycles. The Kier molecular flexibility index (Phi) is 4.54. The molecular weight excluding hydrogens is 335 g/mol. The Morgan fingerprint density at radius 2 is 1.90 bits per heavy atom. The molecule has 0 spiro atoms. The third-order valence-electron chi connectivity index (χ3n) is 2.69. The predicted octanol–water partition coefficient (Wildman–Crippen LogP) is 4.49. The van der Waals surface area contributed by atoms with Crippen molar-refractivity contribution < 1.29 is 17.9 Å². The van der Waals surface area contributed by atoms with Crippen molar-refractivity contribution in [2.75, 3.05) is 12.4 Å². The van der Waals surface area contributed by atoms with Crippen molar-refractivity contribution in [3.8, 4) is 5.75 Å². The largest absolute Gasteiger partial charge is 0.496 e. The Hall–Kier alpha value is -1.69. The maximum Gasteiger partial charge on any atom is 0.182 e. The van der Waals surface area contributed by atoms with Crippen molar-refractivity contribution >= 4 is 21.6 Å². The molecule has 2 aromatic rings. The molecule has 0 fully saturated rings. The lowest BCUT2D eigenvalue weighted by atomic mass is 10.2. The molecule has 2 nitrogen and oxygen atoms in total. The van der Waals surface area contributed by atoms with Crippen molar-refractivity contribution in [2.45, 2.75) is 6.54 Å². The van der Waals surface area contributed by atoms with Crippen molar-refractivity contribution in [1.82, 2.24) is 0 Å². The predicted molar refractivity (Wildman–Crippen MR) is 74.3 cm³/mol. The van der Waals surface area contributed by atoms with Gasteiger partial charge in [0.05, 0.1) is 17.3 Å². The van der Waals surface area contributed by atoms with E-state index in [-0.39, 0.29) is 12.2 Å². The molecule has 106 valence electrons. The topological polar surface area (TPSA) is 21.3 Å². The Bertz CT molecular complexity index is 634. The molecular formula is C14H11BrF3NO. The summed E-state index contributed by atoms with van der Waals surface area (Å²) >= 11 is 3.32. The molecule has 0 atom stereocenters. The molecule has 0 aliphatic heterocycles. The summed E-state index contributed by atoms with van der Waals surface area (Å²) in [6.07, 6.45) is 0. The minimum atomic E-state index is -1.22. The number of hydrogen-bond donors (Lipinski definition) is 1. The average Bonchev–Trinajstić information content (AvgIpc) is 2.41. The Balaban J connectivity index is 2.15. The molecule has 0 aliphatic rings. The molecule has 2 rings (SSSR count). The third kappa shape index (κ3) is 3.25. The van der Waals surface area contributed by atoms with Crippen molar-refractivity contribution in [1.29, 1.82) is 0 Å². The number of hydrogen-bond acceptors (Lipinski definition) is 2. The first-order valence-electron chi connectivity index (χ1n) is 5.72. The minimum absolute atomic E-state index is 0.213. The number of benzene rings is 2. The maximum atomic E-state index is 13.4. The average molecular weight is 346 g/mol. The first kappa shape index (κ1) is 14.7. The highest BCUT2D eigenvalue weighted by atomic mass is 79.9. The summed E-state index contributed by atoms with van der Waals surface area (Å²) in [5.74, 6) is -2.48. The van der Waals surface area contributed by atoms with Gasteiger partial charge >= 0.3 is 0 Å². The van der Waals surface area contributed by atoms with Crippen molar-refractivity contribution in [3.05, 3.63) is 57.8 Å². The molecule has 0 aromatic heterocycles. The molecule has 0 unspecified atom stereocenters. The highest BCUT2D eigenvalue weighted by Gasteiger charge is 2.11. The van der Waals surface area contributed by atoms with Crippen LogP contribution in [0.4, 0.5) is 18.9 Å². The second-order valence-corrected chi connectivity index (χ2v) is 4.93. The van der Waals surface area contributed by atoms with E-state index in [9.17, 15) is 13.2 Å². The molecule has 0 saturated heterocycles. The summed E-state index contributed by atoms with van der Waals surface area (Å²) in [7, 11) is 1.54. The summed E-state index contributed by atoms with van der Waals surface area (Å²) in [6, 6.07) is 6.70. The fourth-order valence-corrected chi connectivity index (χ4v) is 2.29. The van der Waals surface area contributed by atoms with Crippen LogP contribution in [0.3, 0.4) is 0 Å². The lowest BCUT2D eigenvalue weighted by molar-refractivity contribution is 0.412. The van der Waals surface area contributed by atoms with E-state index in [2.05, 4.69) is 21.2 Å². The SMILES string of the molecule is COc1ccc(CNc2cc(F)cc(F)c2F)cc1Br. The summed E-state index contributed by atoms with van der Waals surface area (Å²) < 4.78 is 45.4. The molecule has 0 radical (unpaired) electrons. The molecule has 0 amide bonds. The highest BCUT2D eigenvalue weighted by Crippen LogP contribution is 2.26. The smallest absolute Gasteiger partial charge is 0.182 e. The first-order valence-corrected chi connectivity index (χ1v) is 6.51. The van der Waals surface area contributed by atoms with Crippen LogP contribution in [0.1, 0.15) is 5.56 Å². The van der Waals surface area contributed by atoms with Crippen LogP contribution in [-0.4, -0.2) is 7.11 Å². The normalized spacial score (nSPS) is 10.4. The van der Waals surface area contributed by atoms with Crippen LogP contribution in [0.5, 0.6) is 5.75 Å². The van der Waals surface area contributed by atoms with E-state index in [0.717, 1.165) is 16.1 Å². The van der Waals surface area contributed by atoms with Crippen LogP contribution < -0.4 is 10.1 Å². The number of halogens is 4. The van der Waals surface area contributed by atoms with E-state index in [4.69, 9.17) is 4.74 Å². The van der Waals surface area contributed by atoms with Crippen molar-refractivity contribution in [2.24, 2.45) is 0 Å². The standard InChI is InChI=1S/C14H11BrF3NO/c1-20-13-3-2-8(4-10(13)15)7-19-12-6-9(16)5-11(17)14(12)18/h2-6,19H,7H2,1H3. The van der Waals surface area contributed by atoms with Gasteiger partial charge in [0.15, 0.2) is 11.6 Å². The van der Waals surface area contributed by atoms with Gasteiger partial charge in [0.25, 0.3) is 0 Å². The van der Waals surface area contributed by atoms with Gasteiger partial charge in [-0.2, -0.15) is 0 Å². The monoisotopic (exact) mass is 345 g/mol. The van der Waals surface area contributed by atoms with E-state index in [1.165, 1.54) is 0 Å². The fourth-order valence-electron chi connectivity index (χ4n) is 1.70. The number of ether oxygens (including phenoxy) is 1. The van der Waals surface area contributed by atoms with Gasteiger partial charge in [-0.05, 0) is 33.6 Å². The van der Waals surface area contributed by atoms with Gasteiger partial charge in [-0.25, -0.2) is 13.2 Å². The number of anilines is 1. The number of rotatable bonds is 4. The zero-order valence-corrected chi connectivity index (χ0v) is 12.1. The molecule has 0 heterocycles. The van der Waals surface area contributed by atoms with Crippen LogP contribution in [-0.2, 0) is 6.54 Å². The van der Waals surface area contributed by atoms with E-state index in [1.54, 1.807) is 25.3 Å². The quantitative estimate of drug-likeness (QED) is 0.824. The van der Waals surface area contributed by atoms with Gasteiger partial charge in [-0.1, -0.05) is 6.07 Å². The number of methoxy groups -OCH3 is 1.